The van der Waals surface area contributed by atoms with Crippen LogP contribution in [0, 0.1) is 5.82 Å². The molecule has 134 valence electrons. The molecule has 0 aliphatic heterocycles. The summed E-state index contributed by atoms with van der Waals surface area (Å²) in [4.78, 5) is 24.7. The molecule has 0 saturated carbocycles. The quantitative estimate of drug-likeness (QED) is 0.574. The Bertz CT molecular complexity index is 1010. The number of ether oxygens (including phenoxy) is 1. The molecule has 0 radical (unpaired) electrons. The largest absolute Gasteiger partial charge is 0.448 e. The molecular formula is C18H12Cl2FNO3S. The summed E-state index contributed by atoms with van der Waals surface area (Å²) < 4.78 is 19.0. The maximum atomic E-state index is 13.3. The van der Waals surface area contributed by atoms with Crippen molar-refractivity contribution >= 4 is 62.2 Å². The van der Waals surface area contributed by atoms with Crippen molar-refractivity contribution < 1.29 is 18.7 Å². The van der Waals surface area contributed by atoms with Crippen molar-refractivity contribution in [2.45, 2.75) is 13.0 Å². The summed E-state index contributed by atoms with van der Waals surface area (Å²) >= 11 is 13.2. The third-order valence-corrected chi connectivity index (χ3v) is 5.53. The number of thiophene rings is 1. The number of carbonyl (C=O) groups excluding carboxylic acids is 2. The molecule has 0 aliphatic carbocycles. The van der Waals surface area contributed by atoms with E-state index in [0.717, 1.165) is 11.3 Å². The van der Waals surface area contributed by atoms with Crippen molar-refractivity contribution in [1.82, 2.24) is 0 Å². The van der Waals surface area contributed by atoms with Crippen LogP contribution in [0.4, 0.5) is 10.1 Å². The molecule has 8 heteroatoms. The molecule has 1 unspecified atom stereocenters. The Morgan fingerprint density at radius 3 is 2.65 bits per heavy atom. The van der Waals surface area contributed by atoms with Gasteiger partial charge in [-0.1, -0.05) is 35.3 Å². The molecule has 3 aromatic rings. The maximum absolute atomic E-state index is 13.3. The van der Waals surface area contributed by atoms with Gasteiger partial charge >= 0.3 is 5.97 Å². The lowest BCUT2D eigenvalue weighted by molar-refractivity contribution is -0.123. The van der Waals surface area contributed by atoms with E-state index < -0.39 is 23.8 Å². The van der Waals surface area contributed by atoms with Gasteiger partial charge in [0, 0.05) is 10.1 Å². The highest BCUT2D eigenvalue weighted by Crippen LogP contribution is 2.36. The van der Waals surface area contributed by atoms with Crippen molar-refractivity contribution in [3.05, 3.63) is 63.2 Å². The normalized spacial score (nSPS) is 12.0. The summed E-state index contributed by atoms with van der Waals surface area (Å²) in [6.45, 7) is 1.44. The minimum Gasteiger partial charge on any atom is -0.448 e. The first-order valence-corrected chi connectivity index (χ1v) is 9.08. The number of rotatable bonds is 4. The lowest BCUT2D eigenvalue weighted by atomic mass is 10.2. The Morgan fingerprint density at radius 2 is 1.92 bits per heavy atom. The number of carbonyl (C=O) groups is 2. The number of amides is 1. The molecule has 26 heavy (non-hydrogen) atoms. The van der Waals surface area contributed by atoms with Gasteiger partial charge in [0.2, 0.25) is 0 Å². The van der Waals surface area contributed by atoms with E-state index in [-0.39, 0.29) is 9.90 Å². The van der Waals surface area contributed by atoms with Crippen LogP contribution >= 0.6 is 34.5 Å². The molecular weight excluding hydrogens is 400 g/mol. The number of anilines is 1. The predicted octanol–water partition coefficient (Wildman–Crippen LogP) is 5.53. The third-order valence-electron chi connectivity index (χ3n) is 3.56. The van der Waals surface area contributed by atoms with Crippen molar-refractivity contribution in [2.75, 3.05) is 5.32 Å². The Kier molecular flexibility index (Phi) is 5.46. The summed E-state index contributed by atoms with van der Waals surface area (Å²) in [5.41, 5.74) is 0.414. The van der Waals surface area contributed by atoms with Gasteiger partial charge in [-0.25, -0.2) is 9.18 Å². The fraction of sp³-hybridized carbons (Fsp3) is 0.111. The van der Waals surface area contributed by atoms with Crippen LogP contribution in [0.15, 0.2) is 42.5 Å². The maximum Gasteiger partial charge on any atom is 0.350 e. The second-order valence-corrected chi connectivity index (χ2v) is 7.24. The Hall–Kier alpha value is -2.15. The number of benzene rings is 2. The van der Waals surface area contributed by atoms with Crippen LogP contribution in [0.1, 0.15) is 16.6 Å². The number of nitrogens with one attached hydrogen (secondary N) is 1. The summed E-state index contributed by atoms with van der Waals surface area (Å²) in [5, 5.41) is 3.69. The summed E-state index contributed by atoms with van der Waals surface area (Å²) in [7, 11) is 0. The van der Waals surface area contributed by atoms with Gasteiger partial charge in [0.1, 0.15) is 10.7 Å². The monoisotopic (exact) mass is 411 g/mol. The second kappa shape index (κ2) is 7.61. The summed E-state index contributed by atoms with van der Waals surface area (Å²) in [6.07, 6.45) is -1.07. The standard InChI is InChI=1S/C18H12Cl2FNO3S/c1-9(17(23)22-13-5-3-2-4-12(13)19)25-18(24)16-15(20)11-7-6-10(21)8-14(11)26-16/h2-9H,1H3,(H,22,23). The van der Waals surface area contributed by atoms with Gasteiger partial charge < -0.3 is 10.1 Å². The lowest BCUT2D eigenvalue weighted by Gasteiger charge is -2.13. The molecule has 1 amide bonds. The third kappa shape index (κ3) is 3.82. The molecule has 4 nitrogen and oxygen atoms in total. The predicted molar refractivity (Wildman–Crippen MR) is 102 cm³/mol. The van der Waals surface area contributed by atoms with Crippen molar-refractivity contribution in [3.63, 3.8) is 0 Å². The first kappa shape index (κ1) is 18.6. The molecule has 3 rings (SSSR count). The van der Waals surface area contributed by atoms with Crippen LogP contribution in [0.25, 0.3) is 10.1 Å². The van der Waals surface area contributed by atoms with E-state index in [2.05, 4.69) is 5.32 Å². The highest BCUT2D eigenvalue weighted by atomic mass is 35.5. The Morgan fingerprint density at radius 1 is 1.19 bits per heavy atom. The van der Waals surface area contributed by atoms with E-state index in [1.54, 1.807) is 24.3 Å². The van der Waals surface area contributed by atoms with Gasteiger partial charge in [0.25, 0.3) is 5.91 Å². The molecule has 0 fully saturated rings. The van der Waals surface area contributed by atoms with E-state index in [9.17, 15) is 14.0 Å². The van der Waals surface area contributed by atoms with Crippen molar-refractivity contribution in [2.24, 2.45) is 0 Å². The van der Waals surface area contributed by atoms with Crippen LogP contribution in [-0.4, -0.2) is 18.0 Å². The lowest BCUT2D eigenvalue weighted by Crippen LogP contribution is -2.29. The van der Waals surface area contributed by atoms with Crippen molar-refractivity contribution in [1.29, 1.82) is 0 Å². The molecule has 0 spiro atoms. The average molecular weight is 412 g/mol. The Labute approximate surface area is 162 Å². The minimum absolute atomic E-state index is 0.115. The first-order chi connectivity index (χ1) is 12.4. The van der Waals surface area contributed by atoms with Crippen LogP contribution in [0.3, 0.4) is 0 Å². The van der Waals surface area contributed by atoms with Gasteiger partial charge in [-0.15, -0.1) is 11.3 Å². The van der Waals surface area contributed by atoms with Crippen LogP contribution in [0.2, 0.25) is 10.0 Å². The fourth-order valence-corrected chi connectivity index (χ4v) is 3.83. The topological polar surface area (TPSA) is 55.4 Å². The highest BCUT2D eigenvalue weighted by Gasteiger charge is 2.24. The van der Waals surface area contributed by atoms with Crippen LogP contribution in [0.5, 0.6) is 0 Å². The molecule has 1 aromatic heterocycles. The molecule has 2 aromatic carbocycles. The van der Waals surface area contributed by atoms with E-state index in [1.807, 2.05) is 0 Å². The van der Waals surface area contributed by atoms with Gasteiger partial charge in [0.05, 0.1) is 15.7 Å². The van der Waals surface area contributed by atoms with Crippen molar-refractivity contribution in [3.8, 4) is 0 Å². The smallest absolute Gasteiger partial charge is 0.350 e. The second-order valence-electron chi connectivity index (χ2n) is 5.40. The highest BCUT2D eigenvalue weighted by molar-refractivity contribution is 7.21. The van der Waals surface area contributed by atoms with Gasteiger partial charge in [-0.05, 0) is 37.3 Å². The minimum atomic E-state index is -1.07. The number of hydrogen-bond donors (Lipinski definition) is 1. The van der Waals surface area contributed by atoms with Gasteiger partial charge in [-0.3, -0.25) is 4.79 Å². The molecule has 0 saturated heterocycles. The zero-order valence-corrected chi connectivity index (χ0v) is 15.7. The van der Waals surface area contributed by atoms with E-state index in [0.29, 0.717) is 20.8 Å². The molecule has 1 heterocycles. The molecule has 0 aliphatic rings. The number of para-hydroxylation sites is 1. The van der Waals surface area contributed by atoms with Crippen LogP contribution in [-0.2, 0) is 9.53 Å². The summed E-state index contributed by atoms with van der Waals surface area (Å²) in [5.74, 6) is -1.71. The zero-order valence-electron chi connectivity index (χ0n) is 13.4. The first-order valence-electron chi connectivity index (χ1n) is 7.50. The molecule has 1 N–H and O–H groups in total. The van der Waals surface area contributed by atoms with Crippen LogP contribution < -0.4 is 5.32 Å². The number of halogens is 3. The number of esters is 1. The number of hydrogen-bond acceptors (Lipinski definition) is 4. The number of fused-ring (bicyclic) bond motifs is 1. The van der Waals surface area contributed by atoms with E-state index >= 15 is 0 Å². The molecule has 0 bridgehead atoms. The van der Waals surface area contributed by atoms with Gasteiger partial charge in [-0.2, -0.15) is 0 Å². The zero-order chi connectivity index (χ0) is 18.8. The van der Waals surface area contributed by atoms with Gasteiger partial charge in [0.15, 0.2) is 6.10 Å². The fourth-order valence-electron chi connectivity index (χ4n) is 2.23. The van der Waals surface area contributed by atoms with E-state index in [4.69, 9.17) is 27.9 Å². The van der Waals surface area contributed by atoms with E-state index in [1.165, 1.54) is 25.1 Å². The average Bonchev–Trinajstić information content (AvgIpc) is 2.93. The SMILES string of the molecule is CC(OC(=O)c1sc2cc(F)ccc2c1Cl)C(=O)Nc1ccccc1Cl. The Balaban J connectivity index is 1.74. The summed E-state index contributed by atoms with van der Waals surface area (Å²) in [6, 6.07) is 10.7. The molecule has 1 atom stereocenters.